The van der Waals surface area contributed by atoms with Gasteiger partial charge >= 0.3 is 5.97 Å². The molecule has 5 nitrogen and oxygen atoms in total. The third-order valence-electron chi connectivity index (χ3n) is 3.83. The molecule has 2 heterocycles. The van der Waals surface area contributed by atoms with Crippen LogP contribution in [0.25, 0.3) is 0 Å². The van der Waals surface area contributed by atoms with Gasteiger partial charge in [-0.25, -0.2) is 4.98 Å². The van der Waals surface area contributed by atoms with Crippen LogP contribution in [-0.4, -0.2) is 54.2 Å². The molecule has 0 aromatic carbocycles. The van der Waals surface area contributed by atoms with E-state index in [1.54, 1.807) is 13.8 Å². The highest BCUT2D eigenvalue weighted by Gasteiger charge is 2.33. The van der Waals surface area contributed by atoms with Crippen molar-refractivity contribution >= 4 is 22.4 Å². The molecule has 0 spiro atoms. The second-order valence-corrected chi connectivity index (χ2v) is 6.63. The fourth-order valence-corrected chi connectivity index (χ4v) is 3.17. The van der Waals surface area contributed by atoms with Crippen molar-refractivity contribution in [2.24, 2.45) is 0 Å². The van der Waals surface area contributed by atoms with Gasteiger partial charge in [0.05, 0.1) is 5.69 Å². The largest absolute Gasteiger partial charge is 0.481 e. The SMILES string of the molecule is CN(C)C1CCN(c2nc(C(C)(C)C(=O)O)cs2)C1. The number of aliphatic carboxylic acids is 1. The van der Waals surface area contributed by atoms with Crippen molar-refractivity contribution in [1.82, 2.24) is 9.88 Å². The molecule has 1 aliphatic rings. The van der Waals surface area contributed by atoms with Crippen LogP contribution in [0, 0.1) is 0 Å². The molecule has 1 aliphatic heterocycles. The van der Waals surface area contributed by atoms with Gasteiger partial charge in [0.2, 0.25) is 0 Å². The lowest BCUT2D eigenvalue weighted by Crippen LogP contribution is -2.32. The van der Waals surface area contributed by atoms with Crippen LogP contribution in [0.1, 0.15) is 26.0 Å². The van der Waals surface area contributed by atoms with Crippen molar-refractivity contribution in [1.29, 1.82) is 0 Å². The van der Waals surface area contributed by atoms with Crippen LogP contribution in [0.5, 0.6) is 0 Å². The smallest absolute Gasteiger partial charge is 0.315 e. The Morgan fingerprint density at radius 2 is 2.26 bits per heavy atom. The molecule has 106 valence electrons. The van der Waals surface area contributed by atoms with Crippen molar-refractivity contribution in [3.05, 3.63) is 11.1 Å². The molecular formula is C13H21N3O2S. The van der Waals surface area contributed by atoms with E-state index in [0.29, 0.717) is 11.7 Å². The number of carboxylic acid groups (broad SMARTS) is 1. The molecule has 1 fully saturated rings. The molecule has 1 aromatic rings. The van der Waals surface area contributed by atoms with Gasteiger partial charge in [0.15, 0.2) is 5.13 Å². The molecule has 0 saturated carbocycles. The fourth-order valence-electron chi connectivity index (χ4n) is 2.14. The Morgan fingerprint density at radius 3 is 2.79 bits per heavy atom. The summed E-state index contributed by atoms with van der Waals surface area (Å²) in [7, 11) is 4.18. The lowest BCUT2D eigenvalue weighted by Gasteiger charge is -2.20. The summed E-state index contributed by atoms with van der Waals surface area (Å²) >= 11 is 1.54. The van der Waals surface area contributed by atoms with E-state index in [-0.39, 0.29) is 0 Å². The number of carboxylic acids is 1. The van der Waals surface area contributed by atoms with Crippen molar-refractivity contribution < 1.29 is 9.90 Å². The monoisotopic (exact) mass is 283 g/mol. The zero-order valence-electron chi connectivity index (χ0n) is 11.9. The number of thiazole rings is 1. The van der Waals surface area contributed by atoms with Crippen molar-refractivity contribution in [2.45, 2.75) is 31.7 Å². The van der Waals surface area contributed by atoms with Gasteiger partial charge in [-0.05, 0) is 34.4 Å². The molecule has 1 N–H and O–H groups in total. The molecule has 0 radical (unpaired) electrons. The Morgan fingerprint density at radius 1 is 1.58 bits per heavy atom. The topological polar surface area (TPSA) is 56.7 Å². The molecule has 6 heteroatoms. The van der Waals surface area contributed by atoms with Crippen molar-refractivity contribution in [3.8, 4) is 0 Å². The predicted molar refractivity (Wildman–Crippen MR) is 77.1 cm³/mol. The van der Waals surface area contributed by atoms with Gasteiger partial charge in [-0.2, -0.15) is 0 Å². The minimum Gasteiger partial charge on any atom is -0.481 e. The van der Waals surface area contributed by atoms with E-state index < -0.39 is 11.4 Å². The first-order valence-electron chi connectivity index (χ1n) is 6.43. The van der Waals surface area contributed by atoms with E-state index in [0.717, 1.165) is 24.6 Å². The Balaban J connectivity index is 2.13. The Bertz CT molecular complexity index is 470. The Hall–Kier alpha value is -1.14. The van der Waals surface area contributed by atoms with Crippen LogP contribution in [0.4, 0.5) is 5.13 Å². The zero-order valence-corrected chi connectivity index (χ0v) is 12.7. The van der Waals surface area contributed by atoms with E-state index in [9.17, 15) is 9.90 Å². The summed E-state index contributed by atoms with van der Waals surface area (Å²) in [5, 5.41) is 12.0. The van der Waals surface area contributed by atoms with E-state index >= 15 is 0 Å². The highest BCUT2D eigenvalue weighted by Crippen LogP contribution is 2.31. The average Bonchev–Trinajstić information content (AvgIpc) is 2.97. The van der Waals surface area contributed by atoms with E-state index in [2.05, 4.69) is 28.9 Å². The van der Waals surface area contributed by atoms with Crippen LogP contribution in [0.3, 0.4) is 0 Å². The number of likely N-dealkylation sites (N-methyl/N-ethyl adjacent to an activating group) is 1. The molecule has 1 unspecified atom stereocenters. The summed E-state index contributed by atoms with van der Waals surface area (Å²) in [6.45, 7) is 5.35. The molecule has 0 aliphatic carbocycles. The highest BCUT2D eigenvalue weighted by atomic mass is 32.1. The number of nitrogens with zero attached hydrogens (tertiary/aromatic N) is 3. The first-order chi connectivity index (χ1) is 8.82. The summed E-state index contributed by atoms with van der Waals surface area (Å²) in [6.07, 6.45) is 1.13. The third kappa shape index (κ3) is 2.74. The molecule has 19 heavy (non-hydrogen) atoms. The van der Waals surface area contributed by atoms with Crippen molar-refractivity contribution in [2.75, 3.05) is 32.1 Å². The predicted octanol–water partition coefficient (Wildman–Crippen LogP) is 1.65. The first kappa shape index (κ1) is 14.3. The van der Waals surface area contributed by atoms with Crippen LogP contribution < -0.4 is 4.90 Å². The fraction of sp³-hybridized carbons (Fsp3) is 0.692. The molecule has 1 saturated heterocycles. The van der Waals surface area contributed by atoms with Gasteiger partial charge in [0, 0.05) is 24.5 Å². The zero-order chi connectivity index (χ0) is 14.2. The number of rotatable bonds is 4. The third-order valence-corrected chi connectivity index (χ3v) is 4.73. The minimum absolute atomic E-state index is 0.555. The van der Waals surface area contributed by atoms with Gasteiger partial charge in [-0.1, -0.05) is 0 Å². The van der Waals surface area contributed by atoms with Gasteiger partial charge in [0.25, 0.3) is 0 Å². The van der Waals surface area contributed by atoms with E-state index in [1.165, 1.54) is 11.3 Å². The lowest BCUT2D eigenvalue weighted by atomic mass is 9.90. The lowest BCUT2D eigenvalue weighted by molar-refractivity contribution is -0.142. The normalized spacial score (nSPS) is 20.3. The Labute approximate surface area is 117 Å². The molecule has 0 bridgehead atoms. The number of aromatic nitrogens is 1. The summed E-state index contributed by atoms with van der Waals surface area (Å²) in [5.41, 5.74) is -0.275. The van der Waals surface area contributed by atoms with Crippen LogP contribution in [0.2, 0.25) is 0 Å². The minimum atomic E-state index is -0.921. The molecule has 1 atom stereocenters. The van der Waals surface area contributed by atoms with Gasteiger partial charge < -0.3 is 14.9 Å². The first-order valence-corrected chi connectivity index (χ1v) is 7.31. The second kappa shape index (κ2) is 5.09. The van der Waals surface area contributed by atoms with E-state index in [1.807, 2.05) is 5.38 Å². The highest BCUT2D eigenvalue weighted by molar-refractivity contribution is 7.13. The molecule has 1 aromatic heterocycles. The van der Waals surface area contributed by atoms with Crippen LogP contribution in [0.15, 0.2) is 5.38 Å². The summed E-state index contributed by atoms with van der Waals surface area (Å²) in [4.78, 5) is 20.2. The molecular weight excluding hydrogens is 262 g/mol. The summed E-state index contributed by atoms with van der Waals surface area (Å²) in [5.74, 6) is -0.836. The number of hydrogen-bond donors (Lipinski definition) is 1. The van der Waals surface area contributed by atoms with E-state index in [4.69, 9.17) is 0 Å². The maximum Gasteiger partial charge on any atom is 0.315 e. The summed E-state index contributed by atoms with van der Waals surface area (Å²) in [6, 6.07) is 0.555. The van der Waals surface area contributed by atoms with Gasteiger partial charge in [-0.15, -0.1) is 11.3 Å². The quantitative estimate of drug-likeness (QED) is 0.910. The van der Waals surface area contributed by atoms with Crippen LogP contribution in [-0.2, 0) is 10.2 Å². The molecule has 0 amide bonds. The molecule has 2 rings (SSSR count). The van der Waals surface area contributed by atoms with Gasteiger partial charge in [0.1, 0.15) is 5.41 Å². The number of anilines is 1. The van der Waals surface area contributed by atoms with Gasteiger partial charge in [-0.3, -0.25) is 4.79 Å². The summed E-state index contributed by atoms with van der Waals surface area (Å²) < 4.78 is 0. The maximum absolute atomic E-state index is 11.2. The Kier molecular flexibility index (Phi) is 3.82. The van der Waals surface area contributed by atoms with Crippen LogP contribution >= 0.6 is 11.3 Å². The standard InChI is InChI=1S/C13H21N3O2S/c1-13(2,11(17)18)10-8-19-12(14-10)16-6-5-9(7-16)15(3)4/h8-9H,5-7H2,1-4H3,(H,17,18). The maximum atomic E-state index is 11.2. The second-order valence-electron chi connectivity index (χ2n) is 5.80. The van der Waals surface area contributed by atoms with Crippen molar-refractivity contribution in [3.63, 3.8) is 0 Å². The number of carbonyl (C=O) groups is 1. The average molecular weight is 283 g/mol. The number of hydrogen-bond acceptors (Lipinski definition) is 5.